The van der Waals surface area contributed by atoms with E-state index in [1.165, 1.54) is 0 Å². The maximum Gasteiger partial charge on any atom is 0.146 e. The molecule has 0 saturated carbocycles. The lowest BCUT2D eigenvalue weighted by molar-refractivity contribution is 0.418. The van der Waals surface area contributed by atoms with Crippen molar-refractivity contribution in [2.24, 2.45) is 0 Å². The molecule has 0 saturated heterocycles. The minimum Gasteiger partial charge on any atom is -0.494 e. The minimum absolute atomic E-state index is 0.721. The number of hydrogen-bond donors (Lipinski definition) is 2. The highest BCUT2D eigenvalue weighted by Gasteiger charge is 2.14. The van der Waals surface area contributed by atoms with E-state index in [9.17, 15) is 0 Å². The van der Waals surface area contributed by atoms with Gasteiger partial charge in [-0.3, -0.25) is 0 Å². The molecular weight excluding hydrogens is 254 g/mol. The number of aryl methyl sites for hydroxylation is 1. The lowest BCUT2D eigenvalue weighted by Gasteiger charge is -2.07. The Morgan fingerprint density at radius 1 is 1.15 bits per heavy atom. The first-order chi connectivity index (χ1) is 9.74. The second kappa shape index (κ2) is 4.80. The van der Waals surface area contributed by atoms with E-state index in [1.54, 1.807) is 25.7 Å². The number of nitrogens with one attached hydrogen (secondary N) is 2. The van der Waals surface area contributed by atoms with Crippen LogP contribution in [-0.4, -0.2) is 34.1 Å². The molecule has 20 heavy (non-hydrogen) atoms. The largest absolute Gasteiger partial charge is 0.494 e. The monoisotopic (exact) mass is 269 g/mol. The van der Waals surface area contributed by atoms with Crippen molar-refractivity contribution in [2.75, 3.05) is 19.5 Å². The number of hydrogen-bond acceptors (Lipinski definition) is 5. The third kappa shape index (κ3) is 1.85. The molecule has 0 aliphatic rings. The lowest BCUT2D eigenvalue weighted by atomic mass is 10.1. The van der Waals surface area contributed by atoms with Gasteiger partial charge in [-0.2, -0.15) is 0 Å². The molecule has 3 aromatic heterocycles. The maximum absolute atomic E-state index is 5.37. The van der Waals surface area contributed by atoms with Crippen LogP contribution in [-0.2, 0) is 0 Å². The first kappa shape index (κ1) is 12.4. The van der Waals surface area contributed by atoms with E-state index in [2.05, 4.69) is 25.3 Å². The summed E-state index contributed by atoms with van der Waals surface area (Å²) in [7, 11) is 3.45. The van der Waals surface area contributed by atoms with Crippen LogP contribution in [0.5, 0.6) is 5.75 Å². The summed E-state index contributed by atoms with van der Waals surface area (Å²) in [4.78, 5) is 16.3. The molecule has 3 aromatic rings. The van der Waals surface area contributed by atoms with E-state index in [4.69, 9.17) is 4.74 Å². The molecule has 0 bridgehead atoms. The zero-order valence-electron chi connectivity index (χ0n) is 11.6. The lowest BCUT2D eigenvalue weighted by Crippen LogP contribution is -1.96. The van der Waals surface area contributed by atoms with Crippen LogP contribution in [0, 0.1) is 6.92 Å². The normalized spacial score (nSPS) is 10.8. The number of aromatic nitrogens is 4. The molecule has 0 amide bonds. The van der Waals surface area contributed by atoms with E-state index < -0.39 is 0 Å². The van der Waals surface area contributed by atoms with E-state index in [0.717, 1.165) is 39.4 Å². The van der Waals surface area contributed by atoms with Crippen molar-refractivity contribution >= 4 is 16.7 Å². The summed E-state index contributed by atoms with van der Waals surface area (Å²) in [5.41, 5.74) is 3.51. The number of H-pyrrole nitrogens is 1. The van der Waals surface area contributed by atoms with Crippen molar-refractivity contribution in [3.63, 3.8) is 0 Å². The molecule has 0 radical (unpaired) electrons. The molecule has 0 aliphatic carbocycles. The summed E-state index contributed by atoms with van der Waals surface area (Å²) < 4.78 is 5.37. The van der Waals surface area contributed by atoms with E-state index >= 15 is 0 Å². The number of methoxy groups -OCH3 is 1. The first-order valence-electron chi connectivity index (χ1n) is 6.25. The minimum atomic E-state index is 0.721. The van der Waals surface area contributed by atoms with Crippen molar-refractivity contribution in [3.05, 3.63) is 30.4 Å². The SMILES string of the molecule is CNc1cnc(-c2ncc(OC)c3c(C)c[nH]c23)cn1. The number of nitrogens with zero attached hydrogens (tertiary/aromatic N) is 3. The van der Waals surface area contributed by atoms with Gasteiger partial charge in [-0.05, 0) is 12.5 Å². The second-order valence-corrected chi connectivity index (χ2v) is 4.43. The summed E-state index contributed by atoms with van der Waals surface area (Å²) >= 11 is 0. The zero-order chi connectivity index (χ0) is 14.1. The summed E-state index contributed by atoms with van der Waals surface area (Å²) in [6.07, 6.45) is 7.04. The average molecular weight is 269 g/mol. The fraction of sp³-hybridized carbons (Fsp3) is 0.214. The van der Waals surface area contributed by atoms with Crippen LogP contribution in [0.3, 0.4) is 0 Å². The molecule has 102 valence electrons. The summed E-state index contributed by atoms with van der Waals surface area (Å²) in [6.45, 7) is 2.03. The van der Waals surface area contributed by atoms with Gasteiger partial charge < -0.3 is 15.0 Å². The predicted octanol–water partition coefficient (Wildman–Crippen LogP) is 2.38. The first-order valence-corrected chi connectivity index (χ1v) is 6.25. The Bertz CT molecular complexity index is 748. The molecule has 0 aromatic carbocycles. The van der Waals surface area contributed by atoms with Gasteiger partial charge in [-0.1, -0.05) is 0 Å². The molecule has 6 nitrogen and oxygen atoms in total. The van der Waals surface area contributed by atoms with Gasteiger partial charge in [0, 0.05) is 18.6 Å². The highest BCUT2D eigenvalue weighted by atomic mass is 16.5. The van der Waals surface area contributed by atoms with Crippen LogP contribution in [0.25, 0.3) is 22.3 Å². The number of rotatable bonds is 3. The van der Waals surface area contributed by atoms with Gasteiger partial charge in [0.15, 0.2) is 0 Å². The van der Waals surface area contributed by atoms with Gasteiger partial charge in [-0.15, -0.1) is 0 Å². The van der Waals surface area contributed by atoms with Crippen LogP contribution in [0.4, 0.5) is 5.82 Å². The van der Waals surface area contributed by atoms with Gasteiger partial charge >= 0.3 is 0 Å². The van der Waals surface area contributed by atoms with Crippen molar-refractivity contribution in [1.29, 1.82) is 0 Å². The van der Waals surface area contributed by atoms with Gasteiger partial charge in [0.05, 0.1) is 31.2 Å². The average Bonchev–Trinajstić information content (AvgIpc) is 2.89. The van der Waals surface area contributed by atoms with Crippen molar-refractivity contribution < 1.29 is 4.74 Å². The Morgan fingerprint density at radius 3 is 2.65 bits per heavy atom. The number of anilines is 1. The Labute approximate surface area is 116 Å². The third-order valence-corrected chi connectivity index (χ3v) is 3.24. The van der Waals surface area contributed by atoms with Crippen LogP contribution < -0.4 is 10.1 Å². The van der Waals surface area contributed by atoms with Crippen LogP contribution in [0.2, 0.25) is 0 Å². The third-order valence-electron chi connectivity index (χ3n) is 3.24. The highest BCUT2D eigenvalue weighted by molar-refractivity contribution is 5.97. The number of aromatic amines is 1. The molecule has 0 aliphatic heterocycles. The molecule has 6 heteroatoms. The Kier molecular flexibility index (Phi) is 2.98. The smallest absolute Gasteiger partial charge is 0.146 e. The highest BCUT2D eigenvalue weighted by Crippen LogP contribution is 2.32. The molecular formula is C14H15N5O. The molecule has 3 rings (SSSR count). The van der Waals surface area contributed by atoms with E-state index in [0.29, 0.717) is 0 Å². The Morgan fingerprint density at radius 2 is 2.00 bits per heavy atom. The fourth-order valence-corrected chi connectivity index (χ4v) is 2.21. The maximum atomic E-state index is 5.37. The standard InChI is InChI=1S/C14H15N5O/c1-8-4-18-14-12(8)10(20-3)6-19-13(14)9-5-17-11(15-2)7-16-9/h4-7,18H,1-3H3,(H,15,17). The number of ether oxygens (including phenoxy) is 1. The zero-order valence-corrected chi connectivity index (χ0v) is 11.6. The molecule has 2 N–H and O–H groups in total. The van der Waals surface area contributed by atoms with E-state index in [-0.39, 0.29) is 0 Å². The molecule has 0 unspecified atom stereocenters. The molecule has 0 atom stereocenters. The predicted molar refractivity (Wildman–Crippen MR) is 78.0 cm³/mol. The van der Waals surface area contributed by atoms with Crippen LogP contribution >= 0.6 is 0 Å². The van der Waals surface area contributed by atoms with E-state index in [1.807, 2.05) is 20.2 Å². The number of fused-ring (bicyclic) bond motifs is 1. The Balaban J connectivity index is 2.21. The quantitative estimate of drug-likeness (QED) is 0.763. The number of pyridine rings is 1. The Hall–Kier alpha value is -2.63. The summed E-state index contributed by atoms with van der Waals surface area (Å²) in [5, 5.41) is 3.97. The summed E-state index contributed by atoms with van der Waals surface area (Å²) in [6, 6.07) is 0. The molecule has 3 heterocycles. The molecule has 0 spiro atoms. The summed E-state index contributed by atoms with van der Waals surface area (Å²) in [5.74, 6) is 1.48. The van der Waals surface area contributed by atoms with Gasteiger partial charge in [0.2, 0.25) is 0 Å². The molecule has 0 fully saturated rings. The van der Waals surface area contributed by atoms with Gasteiger partial charge in [-0.25, -0.2) is 15.0 Å². The second-order valence-electron chi connectivity index (χ2n) is 4.43. The van der Waals surface area contributed by atoms with Crippen molar-refractivity contribution in [1.82, 2.24) is 19.9 Å². The van der Waals surface area contributed by atoms with Crippen LogP contribution in [0.15, 0.2) is 24.8 Å². The van der Waals surface area contributed by atoms with Crippen molar-refractivity contribution in [3.8, 4) is 17.1 Å². The van der Waals surface area contributed by atoms with Crippen LogP contribution in [0.1, 0.15) is 5.56 Å². The fourth-order valence-electron chi connectivity index (χ4n) is 2.21. The topological polar surface area (TPSA) is 75.7 Å². The van der Waals surface area contributed by atoms with Crippen molar-refractivity contribution in [2.45, 2.75) is 6.92 Å². The van der Waals surface area contributed by atoms with Gasteiger partial charge in [0.25, 0.3) is 0 Å². The van der Waals surface area contributed by atoms with Gasteiger partial charge in [0.1, 0.15) is 23.0 Å².